The van der Waals surface area contributed by atoms with Crippen LogP contribution in [0.3, 0.4) is 0 Å². The van der Waals surface area contributed by atoms with Crippen molar-refractivity contribution in [3.63, 3.8) is 0 Å². The zero-order valence-corrected chi connectivity index (χ0v) is 16.0. The molecule has 0 saturated heterocycles. The number of hydrogen-bond donors (Lipinski definition) is 2. The molecule has 1 aliphatic heterocycles. The summed E-state index contributed by atoms with van der Waals surface area (Å²) in [5, 5.41) is 5.39. The molecule has 2 aromatic rings. The van der Waals surface area contributed by atoms with Crippen LogP contribution in [0, 0.1) is 0 Å². The SMILES string of the molecule is CNC(=O)c1ccc(CN(C)C(=O)COc2ccc3c(c2)CCC(=O)N3)cc1. The molecule has 0 unspecified atom stereocenters. The Kier molecular flexibility index (Phi) is 5.93. The summed E-state index contributed by atoms with van der Waals surface area (Å²) in [4.78, 5) is 36.9. The first-order valence-electron chi connectivity index (χ1n) is 9.07. The Morgan fingerprint density at radius 1 is 1.14 bits per heavy atom. The molecule has 1 aliphatic rings. The zero-order valence-electron chi connectivity index (χ0n) is 16.0. The fourth-order valence-electron chi connectivity index (χ4n) is 2.97. The molecular weight excluding hydrogens is 358 g/mol. The molecule has 0 aliphatic carbocycles. The molecule has 7 heteroatoms. The van der Waals surface area contributed by atoms with Crippen LogP contribution >= 0.6 is 0 Å². The number of carbonyl (C=O) groups is 3. The van der Waals surface area contributed by atoms with Crippen molar-refractivity contribution in [3.8, 4) is 5.75 Å². The summed E-state index contributed by atoms with van der Waals surface area (Å²) >= 11 is 0. The average molecular weight is 381 g/mol. The second-order valence-electron chi connectivity index (χ2n) is 6.68. The molecule has 2 aromatic carbocycles. The van der Waals surface area contributed by atoms with E-state index >= 15 is 0 Å². The fraction of sp³-hybridized carbons (Fsp3) is 0.286. The first-order chi connectivity index (χ1) is 13.5. The van der Waals surface area contributed by atoms with Gasteiger partial charge in [0.1, 0.15) is 5.75 Å². The lowest BCUT2D eigenvalue weighted by atomic mass is 10.0. The molecule has 28 heavy (non-hydrogen) atoms. The highest BCUT2D eigenvalue weighted by Gasteiger charge is 2.16. The van der Waals surface area contributed by atoms with Gasteiger partial charge in [0.2, 0.25) is 5.91 Å². The molecule has 0 spiro atoms. The molecule has 0 atom stereocenters. The summed E-state index contributed by atoms with van der Waals surface area (Å²) in [6.07, 6.45) is 1.12. The second-order valence-corrected chi connectivity index (χ2v) is 6.68. The number of rotatable bonds is 6. The lowest BCUT2D eigenvalue weighted by Crippen LogP contribution is -2.31. The predicted molar refractivity (Wildman–Crippen MR) is 105 cm³/mol. The van der Waals surface area contributed by atoms with Gasteiger partial charge in [0.15, 0.2) is 6.61 Å². The summed E-state index contributed by atoms with van der Waals surface area (Å²) in [5.74, 6) is 0.323. The maximum Gasteiger partial charge on any atom is 0.260 e. The number of ether oxygens (including phenoxy) is 1. The molecule has 146 valence electrons. The van der Waals surface area contributed by atoms with E-state index in [0.29, 0.717) is 30.7 Å². The number of amides is 3. The first-order valence-corrected chi connectivity index (χ1v) is 9.07. The third-order valence-corrected chi connectivity index (χ3v) is 4.62. The highest BCUT2D eigenvalue weighted by molar-refractivity contribution is 5.94. The maximum absolute atomic E-state index is 12.4. The smallest absolute Gasteiger partial charge is 0.260 e. The van der Waals surface area contributed by atoms with Gasteiger partial charge in [-0.1, -0.05) is 12.1 Å². The molecule has 3 amide bonds. The van der Waals surface area contributed by atoms with Crippen molar-refractivity contribution in [1.82, 2.24) is 10.2 Å². The second kappa shape index (κ2) is 8.56. The van der Waals surface area contributed by atoms with Crippen molar-refractivity contribution in [2.45, 2.75) is 19.4 Å². The van der Waals surface area contributed by atoms with Crippen molar-refractivity contribution in [2.24, 2.45) is 0 Å². The van der Waals surface area contributed by atoms with E-state index in [0.717, 1.165) is 16.8 Å². The first kappa shape index (κ1) is 19.4. The minimum atomic E-state index is -0.151. The van der Waals surface area contributed by atoms with Gasteiger partial charge in [0, 0.05) is 38.3 Å². The molecule has 0 saturated carbocycles. The minimum Gasteiger partial charge on any atom is -0.484 e. The van der Waals surface area contributed by atoms with Gasteiger partial charge in [-0.15, -0.1) is 0 Å². The molecule has 0 bridgehead atoms. The summed E-state index contributed by atoms with van der Waals surface area (Å²) < 4.78 is 5.63. The fourth-order valence-corrected chi connectivity index (χ4v) is 2.97. The Morgan fingerprint density at radius 2 is 1.89 bits per heavy atom. The Balaban J connectivity index is 1.53. The molecular formula is C21H23N3O4. The molecule has 2 N–H and O–H groups in total. The van der Waals surface area contributed by atoms with Crippen molar-refractivity contribution >= 4 is 23.4 Å². The van der Waals surface area contributed by atoms with E-state index in [1.54, 1.807) is 43.3 Å². The van der Waals surface area contributed by atoms with Crippen LogP contribution in [-0.4, -0.2) is 43.3 Å². The number of likely N-dealkylation sites (N-methyl/N-ethyl adjacent to an activating group) is 1. The van der Waals surface area contributed by atoms with Crippen molar-refractivity contribution in [1.29, 1.82) is 0 Å². The van der Waals surface area contributed by atoms with Crippen molar-refractivity contribution < 1.29 is 19.1 Å². The van der Waals surface area contributed by atoms with Gasteiger partial charge >= 0.3 is 0 Å². The van der Waals surface area contributed by atoms with Crippen molar-refractivity contribution in [3.05, 3.63) is 59.2 Å². The van der Waals surface area contributed by atoms with E-state index in [9.17, 15) is 14.4 Å². The number of benzene rings is 2. The minimum absolute atomic E-state index is 0.0151. The lowest BCUT2D eigenvalue weighted by Gasteiger charge is -2.19. The molecule has 0 aromatic heterocycles. The van der Waals surface area contributed by atoms with Crippen LogP contribution in [0.25, 0.3) is 0 Å². The summed E-state index contributed by atoms with van der Waals surface area (Å²) in [6.45, 7) is 0.352. The standard InChI is InChI=1S/C21H23N3O4/c1-22-21(27)15-5-3-14(4-6-15)12-24(2)20(26)13-28-17-8-9-18-16(11-17)7-10-19(25)23-18/h3-6,8-9,11H,7,10,12-13H2,1-2H3,(H,22,27)(H,23,25). The molecule has 3 rings (SSSR count). The van der Waals surface area contributed by atoms with E-state index < -0.39 is 0 Å². The van der Waals surface area contributed by atoms with Crippen LogP contribution < -0.4 is 15.4 Å². The third-order valence-electron chi connectivity index (χ3n) is 4.62. The van der Waals surface area contributed by atoms with Crippen molar-refractivity contribution in [2.75, 3.05) is 26.0 Å². The van der Waals surface area contributed by atoms with Gasteiger partial charge in [-0.2, -0.15) is 0 Å². The van der Waals surface area contributed by atoms with E-state index in [2.05, 4.69) is 10.6 Å². The van der Waals surface area contributed by atoms with Gasteiger partial charge < -0.3 is 20.3 Å². The normalized spacial score (nSPS) is 12.6. The van der Waals surface area contributed by atoms with Crippen LogP contribution in [0.4, 0.5) is 5.69 Å². The number of nitrogens with one attached hydrogen (secondary N) is 2. The number of hydrogen-bond acceptors (Lipinski definition) is 4. The van der Waals surface area contributed by atoms with Crippen LogP contribution in [-0.2, 0) is 22.6 Å². The van der Waals surface area contributed by atoms with Gasteiger partial charge in [-0.3, -0.25) is 14.4 Å². The lowest BCUT2D eigenvalue weighted by molar-refractivity contribution is -0.132. The Labute approximate surface area is 163 Å². The highest BCUT2D eigenvalue weighted by atomic mass is 16.5. The number of carbonyl (C=O) groups excluding carboxylic acids is 3. The quantitative estimate of drug-likeness (QED) is 0.801. The maximum atomic E-state index is 12.4. The predicted octanol–water partition coefficient (Wildman–Crippen LogP) is 1.97. The molecule has 7 nitrogen and oxygen atoms in total. The molecule has 0 radical (unpaired) electrons. The number of nitrogens with zero attached hydrogens (tertiary/aromatic N) is 1. The summed E-state index contributed by atoms with van der Waals surface area (Å²) in [7, 11) is 3.29. The Hall–Kier alpha value is -3.35. The Morgan fingerprint density at radius 3 is 2.61 bits per heavy atom. The number of anilines is 1. The number of aryl methyl sites for hydroxylation is 1. The number of fused-ring (bicyclic) bond motifs is 1. The average Bonchev–Trinajstić information content (AvgIpc) is 2.71. The Bertz CT molecular complexity index is 893. The van der Waals surface area contributed by atoms with Crippen LogP contribution in [0.15, 0.2) is 42.5 Å². The van der Waals surface area contributed by atoms with E-state index in [-0.39, 0.29) is 24.3 Å². The van der Waals surface area contributed by atoms with Gasteiger partial charge in [-0.25, -0.2) is 0 Å². The highest BCUT2D eigenvalue weighted by Crippen LogP contribution is 2.26. The van der Waals surface area contributed by atoms with Gasteiger partial charge in [0.25, 0.3) is 11.8 Å². The molecule has 1 heterocycles. The topological polar surface area (TPSA) is 87.7 Å². The van der Waals surface area contributed by atoms with Crippen LogP contribution in [0.2, 0.25) is 0 Å². The van der Waals surface area contributed by atoms with Crippen LogP contribution in [0.1, 0.15) is 27.9 Å². The zero-order chi connectivity index (χ0) is 20.1. The summed E-state index contributed by atoms with van der Waals surface area (Å²) in [5.41, 5.74) is 3.31. The molecule has 0 fully saturated rings. The third kappa shape index (κ3) is 4.68. The monoisotopic (exact) mass is 381 g/mol. The van der Waals surface area contributed by atoms with Gasteiger partial charge in [0.05, 0.1) is 0 Å². The largest absolute Gasteiger partial charge is 0.484 e. The van der Waals surface area contributed by atoms with Gasteiger partial charge in [-0.05, 0) is 47.9 Å². The van der Waals surface area contributed by atoms with E-state index in [4.69, 9.17) is 4.74 Å². The van der Waals surface area contributed by atoms with Crippen LogP contribution in [0.5, 0.6) is 5.75 Å². The van der Waals surface area contributed by atoms with E-state index in [1.165, 1.54) is 0 Å². The van der Waals surface area contributed by atoms with E-state index in [1.807, 2.05) is 18.2 Å². The summed E-state index contributed by atoms with van der Waals surface area (Å²) in [6, 6.07) is 12.5.